The standard InChI is InChI=1S/C16H25NO/c1-12(2)17-9-5-4-6-15-11-14-10-13(3)7-8-16(14)18-15/h7-8,10,12,15,17H,4-6,9,11H2,1-3H3. The van der Waals surface area contributed by atoms with Crippen LogP contribution in [0.1, 0.15) is 44.2 Å². The van der Waals surface area contributed by atoms with Gasteiger partial charge in [-0.2, -0.15) is 0 Å². The van der Waals surface area contributed by atoms with Gasteiger partial charge in [-0.1, -0.05) is 31.5 Å². The van der Waals surface area contributed by atoms with Crippen molar-refractivity contribution < 1.29 is 4.74 Å². The Kier molecular flexibility index (Phi) is 4.65. The van der Waals surface area contributed by atoms with Crippen LogP contribution in [0.3, 0.4) is 0 Å². The molecule has 100 valence electrons. The molecule has 0 radical (unpaired) electrons. The minimum absolute atomic E-state index is 0.404. The molecule has 1 heterocycles. The van der Waals surface area contributed by atoms with Crippen LogP contribution in [-0.2, 0) is 6.42 Å². The second kappa shape index (κ2) is 6.24. The van der Waals surface area contributed by atoms with E-state index in [9.17, 15) is 0 Å². The largest absolute Gasteiger partial charge is 0.490 e. The van der Waals surface area contributed by atoms with E-state index in [2.05, 4.69) is 44.3 Å². The molecule has 1 atom stereocenters. The van der Waals surface area contributed by atoms with Crippen molar-refractivity contribution in [2.24, 2.45) is 0 Å². The van der Waals surface area contributed by atoms with Crippen molar-refractivity contribution in [1.82, 2.24) is 5.32 Å². The van der Waals surface area contributed by atoms with Crippen LogP contribution >= 0.6 is 0 Å². The fourth-order valence-corrected chi connectivity index (χ4v) is 2.50. The molecule has 1 aromatic carbocycles. The average Bonchev–Trinajstić information content (AvgIpc) is 2.70. The van der Waals surface area contributed by atoms with E-state index < -0.39 is 0 Å². The van der Waals surface area contributed by atoms with Gasteiger partial charge in [-0.25, -0.2) is 0 Å². The quantitative estimate of drug-likeness (QED) is 0.777. The molecule has 2 rings (SSSR count). The van der Waals surface area contributed by atoms with Crippen molar-refractivity contribution in [2.75, 3.05) is 6.54 Å². The maximum Gasteiger partial charge on any atom is 0.123 e. The van der Waals surface area contributed by atoms with E-state index in [1.165, 1.54) is 30.4 Å². The van der Waals surface area contributed by atoms with Crippen molar-refractivity contribution >= 4 is 0 Å². The number of rotatable bonds is 6. The Balaban J connectivity index is 1.68. The van der Waals surface area contributed by atoms with Crippen LogP contribution in [0, 0.1) is 6.92 Å². The first kappa shape index (κ1) is 13.4. The molecule has 1 aromatic rings. The Labute approximate surface area is 111 Å². The van der Waals surface area contributed by atoms with Gasteiger partial charge in [0, 0.05) is 12.5 Å². The van der Waals surface area contributed by atoms with Crippen LogP contribution in [0.15, 0.2) is 18.2 Å². The van der Waals surface area contributed by atoms with Gasteiger partial charge in [0.2, 0.25) is 0 Å². The Bertz CT molecular complexity index is 387. The first-order valence-corrected chi connectivity index (χ1v) is 7.14. The lowest BCUT2D eigenvalue weighted by Gasteiger charge is -2.11. The van der Waals surface area contributed by atoms with Crippen molar-refractivity contribution in [3.8, 4) is 5.75 Å². The second-order valence-corrected chi connectivity index (χ2v) is 5.66. The van der Waals surface area contributed by atoms with Crippen LogP contribution in [-0.4, -0.2) is 18.7 Å². The molecular formula is C16H25NO. The highest BCUT2D eigenvalue weighted by Gasteiger charge is 2.21. The number of ether oxygens (including phenoxy) is 1. The molecule has 2 heteroatoms. The van der Waals surface area contributed by atoms with Crippen LogP contribution in [0.2, 0.25) is 0 Å². The van der Waals surface area contributed by atoms with Gasteiger partial charge < -0.3 is 10.1 Å². The highest BCUT2D eigenvalue weighted by Crippen LogP contribution is 2.31. The molecule has 0 saturated carbocycles. The van der Waals surface area contributed by atoms with E-state index in [0.717, 1.165) is 18.7 Å². The SMILES string of the molecule is Cc1ccc2c(c1)CC(CCCCNC(C)C)O2. The van der Waals surface area contributed by atoms with Gasteiger partial charge in [-0.3, -0.25) is 0 Å². The van der Waals surface area contributed by atoms with Crippen LogP contribution in [0.25, 0.3) is 0 Å². The third-order valence-corrected chi connectivity index (χ3v) is 3.46. The molecule has 1 aliphatic heterocycles. The summed E-state index contributed by atoms with van der Waals surface area (Å²) in [5, 5.41) is 3.45. The van der Waals surface area contributed by atoms with Gasteiger partial charge in [-0.05, 0) is 44.4 Å². The Morgan fingerprint density at radius 1 is 1.33 bits per heavy atom. The molecule has 1 unspecified atom stereocenters. The minimum atomic E-state index is 0.404. The fraction of sp³-hybridized carbons (Fsp3) is 0.625. The molecule has 2 nitrogen and oxygen atoms in total. The monoisotopic (exact) mass is 247 g/mol. The minimum Gasteiger partial charge on any atom is -0.490 e. The molecule has 0 saturated heterocycles. The zero-order chi connectivity index (χ0) is 13.0. The maximum atomic E-state index is 5.97. The third kappa shape index (κ3) is 3.74. The van der Waals surface area contributed by atoms with Gasteiger partial charge >= 0.3 is 0 Å². The summed E-state index contributed by atoms with van der Waals surface area (Å²) in [5.74, 6) is 1.10. The summed E-state index contributed by atoms with van der Waals surface area (Å²) in [6.45, 7) is 7.65. The van der Waals surface area contributed by atoms with Crippen molar-refractivity contribution in [2.45, 2.75) is 58.6 Å². The number of nitrogens with one attached hydrogen (secondary N) is 1. The molecule has 1 aliphatic rings. The molecule has 18 heavy (non-hydrogen) atoms. The molecule has 0 fully saturated rings. The number of fused-ring (bicyclic) bond motifs is 1. The lowest BCUT2D eigenvalue weighted by Crippen LogP contribution is -2.24. The fourth-order valence-electron chi connectivity index (χ4n) is 2.50. The predicted octanol–water partition coefficient (Wildman–Crippen LogP) is 3.47. The predicted molar refractivity (Wildman–Crippen MR) is 76.3 cm³/mol. The summed E-state index contributed by atoms with van der Waals surface area (Å²) in [4.78, 5) is 0. The maximum absolute atomic E-state index is 5.97. The lowest BCUT2D eigenvalue weighted by molar-refractivity contribution is 0.216. The van der Waals surface area contributed by atoms with Gasteiger partial charge in [0.05, 0.1) is 0 Å². The van der Waals surface area contributed by atoms with Crippen molar-refractivity contribution in [3.63, 3.8) is 0 Å². The van der Waals surface area contributed by atoms with Crippen LogP contribution in [0.4, 0.5) is 0 Å². The van der Waals surface area contributed by atoms with Gasteiger partial charge in [0.25, 0.3) is 0 Å². The highest BCUT2D eigenvalue weighted by molar-refractivity contribution is 5.40. The van der Waals surface area contributed by atoms with E-state index in [1.54, 1.807) is 0 Å². The highest BCUT2D eigenvalue weighted by atomic mass is 16.5. The first-order chi connectivity index (χ1) is 8.65. The zero-order valence-corrected chi connectivity index (χ0v) is 11.8. The van der Waals surface area contributed by atoms with Gasteiger partial charge in [-0.15, -0.1) is 0 Å². The summed E-state index contributed by atoms with van der Waals surface area (Å²) >= 11 is 0. The summed E-state index contributed by atoms with van der Waals surface area (Å²) in [5.41, 5.74) is 2.72. The van der Waals surface area contributed by atoms with E-state index in [-0.39, 0.29) is 0 Å². The molecule has 0 bridgehead atoms. The van der Waals surface area contributed by atoms with E-state index in [4.69, 9.17) is 4.74 Å². The van der Waals surface area contributed by atoms with Crippen LogP contribution < -0.4 is 10.1 Å². The molecule has 0 spiro atoms. The summed E-state index contributed by atoms with van der Waals surface area (Å²) in [7, 11) is 0. The van der Waals surface area contributed by atoms with Gasteiger partial charge in [0.1, 0.15) is 11.9 Å². The van der Waals surface area contributed by atoms with E-state index in [1.807, 2.05) is 0 Å². The number of benzene rings is 1. The Morgan fingerprint density at radius 2 is 2.17 bits per heavy atom. The Hall–Kier alpha value is -1.02. The lowest BCUT2D eigenvalue weighted by atomic mass is 10.0. The van der Waals surface area contributed by atoms with Crippen LogP contribution in [0.5, 0.6) is 5.75 Å². The smallest absolute Gasteiger partial charge is 0.123 e. The van der Waals surface area contributed by atoms with E-state index >= 15 is 0 Å². The third-order valence-electron chi connectivity index (χ3n) is 3.46. The normalized spacial score (nSPS) is 17.9. The van der Waals surface area contributed by atoms with Crippen molar-refractivity contribution in [1.29, 1.82) is 0 Å². The summed E-state index contributed by atoms with van der Waals surface area (Å²) in [6.07, 6.45) is 5.16. The molecule has 0 aliphatic carbocycles. The summed E-state index contributed by atoms with van der Waals surface area (Å²) in [6, 6.07) is 7.11. The molecule has 0 aromatic heterocycles. The first-order valence-electron chi connectivity index (χ1n) is 7.14. The second-order valence-electron chi connectivity index (χ2n) is 5.66. The number of hydrogen-bond donors (Lipinski definition) is 1. The topological polar surface area (TPSA) is 21.3 Å². The number of hydrogen-bond acceptors (Lipinski definition) is 2. The molecular weight excluding hydrogens is 222 g/mol. The molecule has 1 N–H and O–H groups in total. The number of aryl methyl sites for hydroxylation is 1. The van der Waals surface area contributed by atoms with Gasteiger partial charge in [0.15, 0.2) is 0 Å². The van der Waals surface area contributed by atoms with E-state index in [0.29, 0.717) is 12.1 Å². The Morgan fingerprint density at radius 3 is 2.94 bits per heavy atom. The zero-order valence-electron chi connectivity index (χ0n) is 11.8. The van der Waals surface area contributed by atoms with Crippen molar-refractivity contribution in [3.05, 3.63) is 29.3 Å². The number of unbranched alkanes of at least 4 members (excludes halogenated alkanes) is 1. The average molecular weight is 247 g/mol. The summed E-state index contributed by atoms with van der Waals surface area (Å²) < 4.78 is 5.97. The molecule has 0 amide bonds.